The molecular weight excluding hydrogens is 458 g/mol. The molecule has 1 spiro atoms. The molecule has 4 rings (SSSR count). The normalized spacial score (nSPS) is 25.9. The zero-order valence-corrected chi connectivity index (χ0v) is 22.8. The number of hydrogen-bond acceptors (Lipinski definition) is 3. The zero-order chi connectivity index (χ0) is 25.8. The van der Waals surface area contributed by atoms with Gasteiger partial charge in [0.15, 0.2) is 5.78 Å². The smallest absolute Gasteiger partial charge is 0.261 e. The van der Waals surface area contributed by atoms with Crippen LogP contribution in [0, 0.1) is 40.9 Å². The summed E-state index contributed by atoms with van der Waals surface area (Å²) in [4.78, 5) is 14.0. The summed E-state index contributed by atoms with van der Waals surface area (Å²) in [5.41, 5.74) is 0.000587. The van der Waals surface area contributed by atoms with E-state index in [-0.39, 0.29) is 22.7 Å². The highest BCUT2D eigenvalue weighted by Crippen LogP contribution is 2.54. The van der Waals surface area contributed by atoms with Crippen molar-refractivity contribution in [3.63, 3.8) is 0 Å². The lowest BCUT2D eigenvalue weighted by Crippen LogP contribution is -2.67. The minimum atomic E-state index is -2.73. The van der Waals surface area contributed by atoms with Crippen LogP contribution in [0.25, 0.3) is 0 Å². The fourth-order valence-electron chi connectivity index (χ4n) is 6.85. The average Bonchev–Trinajstić information content (AvgIpc) is 2.88. The zero-order valence-electron chi connectivity index (χ0n) is 21.8. The first kappa shape index (κ1) is 26.1. The summed E-state index contributed by atoms with van der Waals surface area (Å²) < 4.78 is 7.30. The minimum Gasteiger partial charge on any atom is -0.407 e. The van der Waals surface area contributed by atoms with Crippen molar-refractivity contribution in [1.29, 1.82) is 5.26 Å². The van der Waals surface area contributed by atoms with Crippen molar-refractivity contribution in [3.8, 4) is 18.4 Å². The van der Waals surface area contributed by atoms with Gasteiger partial charge in [0.2, 0.25) is 0 Å². The number of carbonyl (C=O) groups is 1. The Labute approximate surface area is 217 Å². The molecule has 186 valence electrons. The van der Waals surface area contributed by atoms with Crippen LogP contribution in [0.2, 0.25) is 5.04 Å². The van der Waals surface area contributed by atoms with Crippen molar-refractivity contribution in [3.05, 3.63) is 72.3 Å². The SMILES string of the molecule is C#CC1CCCC(CO[Si](c2ccccc2)(c2ccccc2)C(C)(C)C)C12CCC/C(=C\C#N)C2=O. The minimum absolute atomic E-state index is 0.0313. The molecule has 0 aromatic heterocycles. The van der Waals surface area contributed by atoms with Crippen LogP contribution in [-0.4, -0.2) is 20.7 Å². The number of ketones is 1. The van der Waals surface area contributed by atoms with Crippen LogP contribution >= 0.6 is 0 Å². The maximum atomic E-state index is 14.0. The Bertz CT molecular complexity index is 1140. The van der Waals surface area contributed by atoms with Gasteiger partial charge in [0.1, 0.15) is 0 Å². The summed E-state index contributed by atoms with van der Waals surface area (Å²) >= 11 is 0. The van der Waals surface area contributed by atoms with Crippen molar-refractivity contribution in [2.45, 2.75) is 64.3 Å². The van der Waals surface area contributed by atoms with Gasteiger partial charge < -0.3 is 4.43 Å². The molecule has 0 saturated heterocycles. The van der Waals surface area contributed by atoms with Gasteiger partial charge in [-0.05, 0) is 53.4 Å². The summed E-state index contributed by atoms with van der Waals surface area (Å²) in [6.45, 7) is 7.33. The van der Waals surface area contributed by atoms with E-state index in [4.69, 9.17) is 10.8 Å². The van der Waals surface area contributed by atoms with E-state index in [2.05, 4.69) is 81.3 Å². The highest BCUT2D eigenvalue weighted by molar-refractivity contribution is 6.99. The topological polar surface area (TPSA) is 50.1 Å². The van der Waals surface area contributed by atoms with Crippen molar-refractivity contribution in [2.24, 2.45) is 17.3 Å². The lowest BCUT2D eigenvalue weighted by molar-refractivity contribution is -0.137. The van der Waals surface area contributed by atoms with Gasteiger partial charge in [-0.15, -0.1) is 12.3 Å². The van der Waals surface area contributed by atoms with E-state index < -0.39 is 13.7 Å². The Kier molecular flexibility index (Phi) is 7.69. The number of nitrogens with zero attached hydrogens (tertiary/aromatic N) is 1. The van der Waals surface area contributed by atoms with Gasteiger partial charge in [-0.25, -0.2) is 0 Å². The third-order valence-corrected chi connectivity index (χ3v) is 13.5. The molecule has 2 aromatic carbocycles. The van der Waals surface area contributed by atoms with E-state index in [9.17, 15) is 10.1 Å². The quantitative estimate of drug-likeness (QED) is 0.228. The first-order valence-electron chi connectivity index (χ1n) is 13.2. The second-order valence-corrected chi connectivity index (χ2v) is 15.6. The molecule has 2 aliphatic rings. The lowest BCUT2D eigenvalue weighted by Gasteiger charge is -2.51. The molecule has 4 heteroatoms. The Morgan fingerprint density at radius 3 is 2.19 bits per heavy atom. The first-order chi connectivity index (χ1) is 17.3. The van der Waals surface area contributed by atoms with Crippen LogP contribution in [0.15, 0.2) is 72.3 Å². The number of terminal acetylenes is 1. The predicted molar refractivity (Wildman–Crippen MR) is 148 cm³/mol. The molecule has 3 unspecified atom stereocenters. The van der Waals surface area contributed by atoms with E-state index >= 15 is 0 Å². The van der Waals surface area contributed by atoms with Crippen LogP contribution in [0.3, 0.4) is 0 Å². The van der Waals surface area contributed by atoms with Crippen LogP contribution in [-0.2, 0) is 9.22 Å². The molecule has 36 heavy (non-hydrogen) atoms. The number of rotatable bonds is 5. The van der Waals surface area contributed by atoms with Crippen LogP contribution in [0.5, 0.6) is 0 Å². The molecule has 0 N–H and O–H groups in total. The molecular formula is C32H37NO2Si. The first-order valence-corrected chi connectivity index (χ1v) is 15.1. The fraction of sp³-hybridized carbons (Fsp3) is 0.438. The van der Waals surface area contributed by atoms with Crippen LogP contribution < -0.4 is 10.4 Å². The number of Topliss-reactive ketones (excluding diaryl/α,β-unsaturated/α-hetero) is 1. The second kappa shape index (κ2) is 10.6. The average molecular weight is 496 g/mol. The summed E-state index contributed by atoms with van der Waals surface area (Å²) in [7, 11) is -2.73. The number of nitriles is 1. The molecule has 0 amide bonds. The molecule has 2 saturated carbocycles. The predicted octanol–water partition coefficient (Wildman–Crippen LogP) is 5.80. The van der Waals surface area contributed by atoms with Gasteiger partial charge in [-0.2, -0.15) is 5.26 Å². The fourth-order valence-corrected chi connectivity index (χ4v) is 11.5. The van der Waals surface area contributed by atoms with E-state index in [0.717, 1.165) is 32.1 Å². The van der Waals surface area contributed by atoms with Crippen molar-refractivity contribution in [2.75, 3.05) is 6.61 Å². The molecule has 2 fully saturated rings. The van der Waals surface area contributed by atoms with Gasteiger partial charge in [0.25, 0.3) is 8.32 Å². The standard InChI is InChI=1S/C32H37NO2Si/c1-5-26-15-12-16-27(32(26)22-13-14-25(21-23-33)30(32)34)24-35-36(31(2,3)4,28-17-8-6-9-18-28)29-19-10-7-11-20-29/h1,6-11,17-21,26-27H,12-16,22,24H2,2-4H3/b25-21+. The van der Waals surface area contributed by atoms with E-state index in [1.807, 2.05) is 12.1 Å². The Hall–Kier alpha value is -2.92. The molecule has 0 radical (unpaired) electrons. The van der Waals surface area contributed by atoms with Crippen LogP contribution in [0.1, 0.15) is 59.3 Å². The summed E-state index contributed by atoms with van der Waals surface area (Å²) in [5.74, 6) is 3.01. The number of hydrogen-bond donors (Lipinski definition) is 0. The molecule has 0 heterocycles. The van der Waals surface area contributed by atoms with E-state index in [1.165, 1.54) is 16.4 Å². The highest BCUT2D eigenvalue weighted by Gasteiger charge is 2.56. The van der Waals surface area contributed by atoms with Gasteiger partial charge >= 0.3 is 0 Å². The summed E-state index contributed by atoms with van der Waals surface area (Å²) in [6.07, 6.45) is 12.6. The number of benzene rings is 2. The van der Waals surface area contributed by atoms with Gasteiger partial charge in [0.05, 0.1) is 11.5 Å². The van der Waals surface area contributed by atoms with Crippen molar-refractivity contribution >= 4 is 24.5 Å². The van der Waals surface area contributed by atoms with E-state index in [0.29, 0.717) is 18.6 Å². The summed E-state index contributed by atoms with van der Waals surface area (Å²) in [5, 5.41) is 11.7. The van der Waals surface area contributed by atoms with Gasteiger partial charge in [-0.3, -0.25) is 4.79 Å². The highest BCUT2D eigenvalue weighted by atomic mass is 28.4. The molecule has 2 aliphatic carbocycles. The summed E-state index contributed by atoms with van der Waals surface area (Å²) in [6, 6.07) is 23.4. The third kappa shape index (κ3) is 4.38. The molecule has 3 atom stereocenters. The monoisotopic (exact) mass is 495 g/mol. The van der Waals surface area contributed by atoms with Crippen molar-refractivity contribution < 1.29 is 9.22 Å². The number of allylic oxidation sites excluding steroid dienone is 2. The maximum absolute atomic E-state index is 14.0. The Morgan fingerprint density at radius 2 is 1.67 bits per heavy atom. The Morgan fingerprint density at radius 1 is 1.06 bits per heavy atom. The van der Waals surface area contributed by atoms with Gasteiger partial charge in [-0.1, -0.05) is 87.9 Å². The number of carbonyl (C=O) groups excluding carboxylic acids is 1. The molecule has 0 bridgehead atoms. The lowest BCUT2D eigenvalue weighted by atomic mass is 9.53. The molecule has 3 nitrogen and oxygen atoms in total. The third-order valence-electron chi connectivity index (χ3n) is 8.50. The maximum Gasteiger partial charge on any atom is 0.261 e. The van der Waals surface area contributed by atoms with Crippen molar-refractivity contribution in [1.82, 2.24) is 0 Å². The largest absolute Gasteiger partial charge is 0.407 e. The van der Waals surface area contributed by atoms with Crippen LogP contribution in [0.4, 0.5) is 0 Å². The van der Waals surface area contributed by atoms with E-state index in [1.54, 1.807) is 0 Å². The molecule has 2 aromatic rings. The molecule has 0 aliphatic heterocycles. The van der Waals surface area contributed by atoms with Gasteiger partial charge in [0, 0.05) is 24.2 Å². The second-order valence-electron chi connectivity index (χ2n) is 11.3. The Balaban J connectivity index is 1.80.